The first-order chi connectivity index (χ1) is 10.1. The van der Waals surface area contributed by atoms with Crippen molar-refractivity contribution in [3.8, 4) is 0 Å². The van der Waals surface area contributed by atoms with Gasteiger partial charge in [0.2, 0.25) is 0 Å². The second kappa shape index (κ2) is 6.81. The van der Waals surface area contributed by atoms with Crippen LogP contribution in [-0.2, 0) is 5.54 Å². The minimum Gasteiger partial charge on any atom is -0.344 e. The van der Waals surface area contributed by atoms with Gasteiger partial charge in [-0.3, -0.25) is 9.48 Å². The highest BCUT2D eigenvalue weighted by Gasteiger charge is 2.34. The van der Waals surface area contributed by atoms with Crippen LogP contribution < -0.4 is 11.1 Å². The molecule has 0 aromatic carbocycles. The molecule has 0 spiro atoms. The molecule has 1 saturated carbocycles. The zero-order chi connectivity index (χ0) is 16.7. The van der Waals surface area contributed by atoms with Gasteiger partial charge in [0.25, 0.3) is 5.91 Å². The lowest BCUT2D eigenvalue weighted by molar-refractivity contribution is 0.0876. The van der Waals surface area contributed by atoms with E-state index in [1.807, 2.05) is 17.7 Å². The number of hydrogen-bond donors (Lipinski definition) is 2. The molecule has 132 valence electrons. The van der Waals surface area contributed by atoms with Crippen LogP contribution in [0.3, 0.4) is 0 Å². The molecule has 0 saturated heterocycles. The van der Waals surface area contributed by atoms with E-state index in [0.29, 0.717) is 18.2 Å². The fourth-order valence-corrected chi connectivity index (χ4v) is 2.47. The molecule has 1 aliphatic rings. The molecule has 23 heavy (non-hydrogen) atoms. The van der Waals surface area contributed by atoms with Crippen molar-refractivity contribution in [3.63, 3.8) is 0 Å². The molecule has 0 aliphatic heterocycles. The number of carbonyl (C=O) groups is 1. The summed E-state index contributed by atoms with van der Waals surface area (Å²) < 4.78 is 2.01. The molecule has 0 bridgehead atoms. The van der Waals surface area contributed by atoms with Gasteiger partial charge in [-0.2, -0.15) is 5.10 Å². The molecule has 6 heteroatoms. The van der Waals surface area contributed by atoms with E-state index in [1.54, 1.807) is 0 Å². The summed E-state index contributed by atoms with van der Waals surface area (Å²) in [6.07, 6.45) is 2.38. The van der Waals surface area contributed by atoms with E-state index in [0.717, 1.165) is 0 Å². The Morgan fingerprint density at radius 2 is 1.96 bits per heavy atom. The first kappa shape index (κ1) is 20.0. The summed E-state index contributed by atoms with van der Waals surface area (Å²) >= 11 is 0. The second-order valence-electron chi connectivity index (χ2n) is 8.04. The average Bonchev–Trinajstić information content (AvgIpc) is 3.15. The first-order valence-corrected chi connectivity index (χ1v) is 8.21. The number of nitrogens with zero attached hydrogens (tertiary/aromatic N) is 2. The highest BCUT2D eigenvalue weighted by molar-refractivity contribution is 5.93. The van der Waals surface area contributed by atoms with Gasteiger partial charge >= 0.3 is 0 Å². The SMILES string of the molecule is CC(C)C(C)(CN)NC(=O)c1cc(C2CC2)n(C(C)(C)C)n1.Cl. The Bertz CT molecular complexity index is 557. The zero-order valence-electron chi connectivity index (χ0n) is 15.1. The monoisotopic (exact) mass is 342 g/mol. The molecule has 2 rings (SSSR count). The fourth-order valence-electron chi connectivity index (χ4n) is 2.47. The molecule has 1 atom stereocenters. The van der Waals surface area contributed by atoms with Gasteiger partial charge in [0.15, 0.2) is 0 Å². The molecule has 1 aliphatic carbocycles. The van der Waals surface area contributed by atoms with E-state index >= 15 is 0 Å². The smallest absolute Gasteiger partial charge is 0.272 e. The number of amides is 1. The summed E-state index contributed by atoms with van der Waals surface area (Å²) in [4.78, 5) is 12.6. The zero-order valence-corrected chi connectivity index (χ0v) is 16.0. The molecular weight excluding hydrogens is 312 g/mol. The van der Waals surface area contributed by atoms with Crippen LogP contribution in [0, 0.1) is 5.92 Å². The highest BCUT2D eigenvalue weighted by Crippen LogP contribution is 2.41. The van der Waals surface area contributed by atoms with Crippen LogP contribution in [0.15, 0.2) is 6.07 Å². The average molecular weight is 343 g/mol. The lowest BCUT2D eigenvalue weighted by Crippen LogP contribution is -2.55. The third-order valence-corrected chi connectivity index (χ3v) is 4.70. The van der Waals surface area contributed by atoms with Gasteiger partial charge < -0.3 is 11.1 Å². The third-order valence-electron chi connectivity index (χ3n) is 4.70. The Labute approximate surface area is 145 Å². The second-order valence-corrected chi connectivity index (χ2v) is 8.04. The highest BCUT2D eigenvalue weighted by atomic mass is 35.5. The lowest BCUT2D eigenvalue weighted by Gasteiger charge is -2.33. The Balaban J connectivity index is 0.00000264. The Hall–Kier alpha value is -1.07. The summed E-state index contributed by atoms with van der Waals surface area (Å²) in [5.74, 6) is 0.680. The molecule has 1 unspecified atom stereocenters. The summed E-state index contributed by atoms with van der Waals surface area (Å²) in [6, 6.07) is 1.95. The quantitative estimate of drug-likeness (QED) is 0.863. The van der Waals surface area contributed by atoms with E-state index in [1.165, 1.54) is 18.5 Å². The van der Waals surface area contributed by atoms with Crippen LogP contribution >= 0.6 is 12.4 Å². The standard InChI is InChI=1S/C17H30N4O.ClH/c1-11(2)17(6,10-18)19-15(22)13-9-14(12-7-8-12)21(20-13)16(3,4)5;/h9,11-12H,7-8,10,18H2,1-6H3,(H,19,22);1H. The molecule has 1 heterocycles. The van der Waals surface area contributed by atoms with E-state index in [4.69, 9.17) is 5.73 Å². The molecule has 3 N–H and O–H groups in total. The Morgan fingerprint density at radius 3 is 2.35 bits per heavy atom. The molecule has 1 aromatic rings. The number of carbonyl (C=O) groups excluding carboxylic acids is 1. The van der Waals surface area contributed by atoms with Crippen molar-refractivity contribution in [1.29, 1.82) is 0 Å². The predicted molar refractivity (Wildman–Crippen MR) is 96.2 cm³/mol. The van der Waals surface area contributed by atoms with Gasteiger partial charge in [0.05, 0.1) is 11.1 Å². The maximum atomic E-state index is 12.6. The number of aromatic nitrogens is 2. The summed E-state index contributed by atoms with van der Waals surface area (Å²) in [5, 5.41) is 7.65. The maximum absolute atomic E-state index is 12.6. The van der Waals surface area contributed by atoms with Crippen LogP contribution in [0.1, 0.15) is 76.5 Å². The Kier molecular flexibility index (Phi) is 5.92. The maximum Gasteiger partial charge on any atom is 0.272 e. The van der Waals surface area contributed by atoms with E-state index < -0.39 is 5.54 Å². The summed E-state index contributed by atoms with van der Waals surface area (Å²) in [7, 11) is 0. The van der Waals surface area contributed by atoms with Crippen molar-refractivity contribution < 1.29 is 4.79 Å². The van der Waals surface area contributed by atoms with Gasteiger partial charge in [-0.25, -0.2) is 0 Å². The fraction of sp³-hybridized carbons (Fsp3) is 0.765. The molecule has 5 nitrogen and oxygen atoms in total. The van der Waals surface area contributed by atoms with Crippen LogP contribution in [-0.4, -0.2) is 27.8 Å². The van der Waals surface area contributed by atoms with Crippen LogP contribution in [0.25, 0.3) is 0 Å². The lowest BCUT2D eigenvalue weighted by atomic mass is 9.88. The Morgan fingerprint density at radius 1 is 1.39 bits per heavy atom. The van der Waals surface area contributed by atoms with E-state index in [9.17, 15) is 4.79 Å². The van der Waals surface area contributed by atoms with Crippen LogP contribution in [0.2, 0.25) is 0 Å². The van der Waals surface area contributed by atoms with E-state index in [2.05, 4.69) is 45.0 Å². The van der Waals surface area contributed by atoms with Crippen LogP contribution in [0.4, 0.5) is 0 Å². The van der Waals surface area contributed by atoms with Crippen molar-refractivity contribution in [1.82, 2.24) is 15.1 Å². The minimum atomic E-state index is -0.414. The minimum absolute atomic E-state index is 0. The van der Waals surface area contributed by atoms with Gasteiger partial charge in [-0.1, -0.05) is 13.8 Å². The van der Waals surface area contributed by atoms with Crippen molar-refractivity contribution >= 4 is 18.3 Å². The van der Waals surface area contributed by atoms with Gasteiger partial charge in [0.1, 0.15) is 5.69 Å². The number of rotatable bonds is 5. The predicted octanol–water partition coefficient (Wildman–Crippen LogP) is 3.04. The van der Waals surface area contributed by atoms with Gasteiger partial charge in [-0.05, 0) is 52.5 Å². The normalized spacial score (nSPS) is 17.6. The van der Waals surface area contributed by atoms with Crippen molar-refractivity contribution in [2.45, 2.75) is 71.4 Å². The molecular formula is C17H31ClN4O. The molecule has 1 fully saturated rings. The molecule has 1 amide bonds. The summed E-state index contributed by atoms with van der Waals surface area (Å²) in [5.41, 5.74) is 7.00. The molecule has 0 radical (unpaired) electrons. The number of nitrogens with two attached hydrogens (primary N) is 1. The largest absolute Gasteiger partial charge is 0.344 e. The van der Waals surface area contributed by atoms with Crippen molar-refractivity contribution in [2.24, 2.45) is 11.7 Å². The van der Waals surface area contributed by atoms with Crippen molar-refractivity contribution in [3.05, 3.63) is 17.5 Å². The van der Waals surface area contributed by atoms with Gasteiger partial charge in [0, 0.05) is 18.2 Å². The first-order valence-electron chi connectivity index (χ1n) is 8.21. The summed E-state index contributed by atoms with van der Waals surface area (Å²) in [6.45, 7) is 12.9. The van der Waals surface area contributed by atoms with Crippen molar-refractivity contribution in [2.75, 3.05) is 6.54 Å². The molecule has 1 aromatic heterocycles. The number of hydrogen-bond acceptors (Lipinski definition) is 3. The number of nitrogens with one attached hydrogen (secondary N) is 1. The third kappa shape index (κ3) is 4.27. The van der Waals surface area contributed by atoms with Crippen LogP contribution in [0.5, 0.6) is 0 Å². The topological polar surface area (TPSA) is 72.9 Å². The number of halogens is 1. The van der Waals surface area contributed by atoms with Gasteiger partial charge in [-0.15, -0.1) is 12.4 Å². The van der Waals surface area contributed by atoms with E-state index in [-0.39, 0.29) is 29.8 Å².